The third-order valence-electron chi connectivity index (χ3n) is 6.15. The molecular weight excluding hydrogens is 481 g/mol. The van der Waals surface area contributed by atoms with Gasteiger partial charge in [-0.1, -0.05) is 36.4 Å². The van der Waals surface area contributed by atoms with Crippen LogP contribution in [-0.2, 0) is 0 Å². The molecule has 0 saturated heterocycles. The Morgan fingerprint density at radius 1 is 0.974 bits per heavy atom. The number of aromatic nitrogens is 3. The minimum Gasteiger partial charge on any atom is -0.456 e. The van der Waals surface area contributed by atoms with Gasteiger partial charge in [0.2, 0.25) is 0 Å². The first kappa shape index (κ1) is 23.2. The van der Waals surface area contributed by atoms with Gasteiger partial charge in [-0.25, -0.2) is 4.39 Å². The molecule has 8 heteroatoms. The number of carbonyl (C=O) groups is 1. The lowest BCUT2D eigenvalue weighted by Gasteiger charge is -2.16. The molecule has 3 aromatic carbocycles. The Morgan fingerprint density at radius 3 is 2.63 bits per heavy atom. The van der Waals surface area contributed by atoms with E-state index in [1.54, 1.807) is 30.3 Å². The topological polar surface area (TPSA) is 91.9 Å². The largest absolute Gasteiger partial charge is 0.456 e. The van der Waals surface area contributed by atoms with Gasteiger partial charge in [0.05, 0.1) is 23.1 Å². The van der Waals surface area contributed by atoms with Gasteiger partial charge in [0.1, 0.15) is 17.3 Å². The molecule has 6 rings (SSSR count). The lowest BCUT2D eigenvalue weighted by molar-refractivity contribution is 0.102. The molecule has 0 aliphatic carbocycles. The van der Waals surface area contributed by atoms with Crippen molar-refractivity contribution >= 4 is 28.1 Å². The summed E-state index contributed by atoms with van der Waals surface area (Å²) in [5.41, 5.74) is 4.33. The number of hydrogen-bond donors (Lipinski definition) is 3. The second-order valence-electron chi connectivity index (χ2n) is 8.71. The van der Waals surface area contributed by atoms with E-state index in [0.29, 0.717) is 34.6 Å². The van der Waals surface area contributed by atoms with Gasteiger partial charge in [-0.3, -0.25) is 14.9 Å². The molecule has 3 N–H and O–H groups in total. The number of H-pyrrole nitrogens is 1. The van der Waals surface area contributed by atoms with Crippen molar-refractivity contribution in [2.24, 2.45) is 0 Å². The predicted octanol–water partition coefficient (Wildman–Crippen LogP) is 5.92. The molecule has 0 spiro atoms. The number of halogens is 1. The van der Waals surface area contributed by atoms with Crippen LogP contribution in [0.4, 0.5) is 10.1 Å². The zero-order valence-electron chi connectivity index (χ0n) is 20.1. The van der Waals surface area contributed by atoms with Crippen molar-refractivity contribution in [2.75, 3.05) is 11.9 Å². The summed E-state index contributed by atoms with van der Waals surface area (Å²) in [4.78, 5) is 17.4. The van der Waals surface area contributed by atoms with Gasteiger partial charge >= 0.3 is 0 Å². The minimum atomic E-state index is -0.377. The highest BCUT2D eigenvalue weighted by Crippen LogP contribution is 2.27. The fourth-order valence-electron chi connectivity index (χ4n) is 4.27. The molecule has 38 heavy (non-hydrogen) atoms. The summed E-state index contributed by atoms with van der Waals surface area (Å²) in [6.07, 6.45) is 5.31. The normalized spacial score (nSPS) is 12.9. The third kappa shape index (κ3) is 4.75. The van der Waals surface area contributed by atoms with Crippen LogP contribution in [0.2, 0.25) is 0 Å². The fraction of sp³-hybridized carbons (Fsp3) is 0.0333. The van der Waals surface area contributed by atoms with Crippen LogP contribution < -0.4 is 15.4 Å². The van der Waals surface area contributed by atoms with Crippen LogP contribution in [0.1, 0.15) is 16.1 Å². The molecule has 7 nitrogen and oxygen atoms in total. The van der Waals surface area contributed by atoms with E-state index in [0.717, 1.165) is 22.4 Å². The van der Waals surface area contributed by atoms with E-state index < -0.39 is 0 Å². The summed E-state index contributed by atoms with van der Waals surface area (Å²) in [6.45, 7) is 0.618. The lowest BCUT2D eigenvalue weighted by Crippen LogP contribution is -2.16. The molecular formula is C30H22FN5O2. The molecule has 0 fully saturated rings. The molecule has 3 heterocycles. The van der Waals surface area contributed by atoms with E-state index in [4.69, 9.17) is 4.74 Å². The number of pyridine rings is 1. The first-order chi connectivity index (χ1) is 18.6. The van der Waals surface area contributed by atoms with Gasteiger partial charge < -0.3 is 15.4 Å². The van der Waals surface area contributed by atoms with Crippen LogP contribution in [0.15, 0.2) is 109 Å². The van der Waals surface area contributed by atoms with Gasteiger partial charge in [0.25, 0.3) is 5.91 Å². The number of rotatable bonds is 6. The Bertz CT molecular complexity index is 1690. The lowest BCUT2D eigenvalue weighted by atomic mass is 10.0. The van der Waals surface area contributed by atoms with Crippen molar-refractivity contribution in [3.63, 3.8) is 0 Å². The van der Waals surface area contributed by atoms with Crippen LogP contribution in [0.25, 0.3) is 27.7 Å². The average molecular weight is 504 g/mol. The summed E-state index contributed by atoms with van der Waals surface area (Å²) in [5.74, 6) is 0.707. The van der Waals surface area contributed by atoms with Gasteiger partial charge in [-0.05, 0) is 65.7 Å². The molecule has 0 saturated carbocycles. The van der Waals surface area contributed by atoms with E-state index >= 15 is 0 Å². The second kappa shape index (κ2) is 10.0. The third-order valence-corrected chi connectivity index (χ3v) is 6.15. The molecule has 2 aromatic heterocycles. The Kier molecular flexibility index (Phi) is 6.11. The van der Waals surface area contributed by atoms with Crippen molar-refractivity contribution in [1.29, 1.82) is 0 Å². The summed E-state index contributed by atoms with van der Waals surface area (Å²) in [6, 6.07) is 25.2. The Morgan fingerprint density at radius 2 is 1.82 bits per heavy atom. The van der Waals surface area contributed by atoms with Crippen LogP contribution in [0.3, 0.4) is 0 Å². The summed E-state index contributed by atoms with van der Waals surface area (Å²) in [7, 11) is 0. The number of anilines is 1. The van der Waals surface area contributed by atoms with Crippen LogP contribution in [0, 0.1) is 5.82 Å². The Balaban J connectivity index is 1.22. The standard InChI is InChI=1S/C30H22FN5O2/c31-26-9-5-4-8-24(26)27-13-11-21(17-33-27)34-30(37)29-25-15-19(10-12-28(25)35-36-29)20-14-23(18-32-16-20)38-22-6-2-1-3-7-22/h1-15,17-18,32H,16H2,(H,34,37)(H,35,36). The molecule has 0 bridgehead atoms. The highest BCUT2D eigenvalue weighted by Gasteiger charge is 2.17. The number of carbonyl (C=O) groups excluding carboxylic acids is 1. The quantitative estimate of drug-likeness (QED) is 0.267. The Labute approximate surface area is 217 Å². The molecule has 0 radical (unpaired) electrons. The van der Waals surface area contributed by atoms with Crippen molar-refractivity contribution < 1.29 is 13.9 Å². The zero-order valence-corrected chi connectivity index (χ0v) is 20.1. The van der Waals surface area contributed by atoms with Crippen LogP contribution >= 0.6 is 0 Å². The zero-order chi connectivity index (χ0) is 25.9. The van der Waals surface area contributed by atoms with Crippen molar-refractivity contribution in [1.82, 2.24) is 20.5 Å². The number of amides is 1. The van der Waals surface area contributed by atoms with Crippen LogP contribution in [0.5, 0.6) is 5.75 Å². The van der Waals surface area contributed by atoms with Gasteiger partial charge in [-0.2, -0.15) is 5.10 Å². The minimum absolute atomic E-state index is 0.265. The van der Waals surface area contributed by atoms with Crippen molar-refractivity contribution in [2.45, 2.75) is 0 Å². The average Bonchev–Trinajstić information content (AvgIpc) is 3.38. The van der Waals surface area contributed by atoms with E-state index in [1.807, 2.05) is 60.8 Å². The number of ether oxygens (including phenoxy) is 1. The highest BCUT2D eigenvalue weighted by atomic mass is 19.1. The summed E-state index contributed by atoms with van der Waals surface area (Å²) in [5, 5.41) is 13.9. The number of nitrogens with zero attached hydrogens (tertiary/aromatic N) is 2. The van der Waals surface area contributed by atoms with E-state index in [-0.39, 0.29) is 17.4 Å². The number of dihydropyridines is 1. The van der Waals surface area contributed by atoms with Crippen LogP contribution in [-0.4, -0.2) is 27.6 Å². The van der Waals surface area contributed by atoms with Gasteiger partial charge in [-0.15, -0.1) is 0 Å². The molecule has 1 aliphatic heterocycles. The molecule has 5 aromatic rings. The smallest absolute Gasteiger partial charge is 0.276 e. The fourth-order valence-corrected chi connectivity index (χ4v) is 4.27. The number of hydrogen-bond acceptors (Lipinski definition) is 5. The first-order valence-corrected chi connectivity index (χ1v) is 12.0. The summed E-state index contributed by atoms with van der Waals surface area (Å²) >= 11 is 0. The number of benzene rings is 3. The molecule has 0 unspecified atom stereocenters. The SMILES string of the molecule is O=C(Nc1ccc(-c2ccccc2F)nc1)c1n[nH]c2ccc(C3=CC(Oc4ccccc4)=CNC3)cc12. The van der Waals surface area contributed by atoms with Crippen molar-refractivity contribution in [3.8, 4) is 17.0 Å². The maximum atomic E-state index is 14.1. The highest BCUT2D eigenvalue weighted by molar-refractivity contribution is 6.11. The number of fused-ring (bicyclic) bond motifs is 1. The number of nitrogens with one attached hydrogen (secondary N) is 3. The van der Waals surface area contributed by atoms with E-state index in [1.165, 1.54) is 12.3 Å². The van der Waals surface area contributed by atoms with E-state index in [9.17, 15) is 9.18 Å². The number of allylic oxidation sites excluding steroid dienone is 1. The number of para-hydroxylation sites is 1. The monoisotopic (exact) mass is 503 g/mol. The maximum Gasteiger partial charge on any atom is 0.276 e. The molecule has 0 atom stereocenters. The van der Waals surface area contributed by atoms with E-state index in [2.05, 4.69) is 25.8 Å². The first-order valence-electron chi connectivity index (χ1n) is 12.0. The second-order valence-corrected chi connectivity index (χ2v) is 8.71. The van der Waals surface area contributed by atoms with Gasteiger partial charge in [0.15, 0.2) is 5.69 Å². The summed E-state index contributed by atoms with van der Waals surface area (Å²) < 4.78 is 20.0. The molecule has 1 aliphatic rings. The predicted molar refractivity (Wildman–Crippen MR) is 145 cm³/mol. The molecule has 1 amide bonds. The number of aromatic amines is 1. The molecule has 186 valence electrons. The van der Waals surface area contributed by atoms with Gasteiger partial charge in [0, 0.05) is 23.7 Å². The van der Waals surface area contributed by atoms with Crippen molar-refractivity contribution in [3.05, 3.63) is 126 Å². The Hall–Kier alpha value is -5.24. The maximum absolute atomic E-state index is 14.1.